The van der Waals surface area contributed by atoms with Crippen molar-refractivity contribution < 1.29 is 0 Å². The van der Waals surface area contributed by atoms with Crippen LogP contribution in [0.5, 0.6) is 0 Å². The van der Waals surface area contributed by atoms with Gasteiger partial charge in [-0.05, 0) is 18.3 Å². The minimum Gasteiger partial charge on any atom is -0.103 e. The van der Waals surface area contributed by atoms with Gasteiger partial charge in [0.15, 0.2) is 0 Å². The first kappa shape index (κ1) is 7.66. The maximum absolute atomic E-state index is 3.29. The van der Waals surface area contributed by atoms with Crippen LogP contribution >= 0.6 is 0 Å². The van der Waals surface area contributed by atoms with Gasteiger partial charge in [-0.1, -0.05) is 26.7 Å². The zero-order chi connectivity index (χ0) is 7.56. The van der Waals surface area contributed by atoms with Gasteiger partial charge in [0.25, 0.3) is 0 Å². The van der Waals surface area contributed by atoms with Crippen molar-refractivity contribution in [3.63, 3.8) is 0 Å². The standard InChI is InChI=1S/C10H16/c1-8(2)9(3)10-6-4-5-7-10/h8-10H,4,6H2,1-3H3. The van der Waals surface area contributed by atoms with Gasteiger partial charge in [0, 0.05) is 12.3 Å². The summed E-state index contributed by atoms with van der Waals surface area (Å²) in [6.07, 6.45) is 2.40. The van der Waals surface area contributed by atoms with Crippen LogP contribution in [0.3, 0.4) is 0 Å². The Balaban J connectivity index is 2.43. The predicted octanol–water partition coefficient (Wildman–Crippen LogP) is 2.69. The van der Waals surface area contributed by atoms with Gasteiger partial charge in [0.05, 0.1) is 0 Å². The van der Waals surface area contributed by atoms with E-state index in [0.29, 0.717) is 5.92 Å². The summed E-state index contributed by atoms with van der Waals surface area (Å²) in [5.41, 5.74) is 0. The van der Waals surface area contributed by atoms with Crippen LogP contribution in [0.4, 0.5) is 0 Å². The van der Waals surface area contributed by atoms with Crippen molar-refractivity contribution in [1.82, 2.24) is 0 Å². The third-order valence-corrected chi connectivity index (χ3v) is 2.55. The van der Waals surface area contributed by atoms with Crippen molar-refractivity contribution in [3.05, 3.63) is 0 Å². The van der Waals surface area contributed by atoms with Crippen LogP contribution in [0.1, 0.15) is 33.6 Å². The third-order valence-electron chi connectivity index (χ3n) is 2.55. The van der Waals surface area contributed by atoms with Crippen molar-refractivity contribution in [2.24, 2.45) is 17.8 Å². The molecule has 0 aromatic carbocycles. The molecular weight excluding hydrogens is 120 g/mol. The lowest BCUT2D eigenvalue weighted by Crippen LogP contribution is -2.13. The average Bonchev–Trinajstić information content (AvgIpc) is 2.36. The van der Waals surface area contributed by atoms with E-state index in [2.05, 4.69) is 32.6 Å². The lowest BCUT2D eigenvalue weighted by molar-refractivity contribution is 0.327. The topological polar surface area (TPSA) is 0 Å². The molecule has 0 amide bonds. The van der Waals surface area contributed by atoms with Crippen molar-refractivity contribution >= 4 is 0 Å². The smallest absolute Gasteiger partial charge is 0.0239 e. The van der Waals surface area contributed by atoms with Crippen LogP contribution in [0.15, 0.2) is 0 Å². The first-order valence-electron chi connectivity index (χ1n) is 4.20. The highest BCUT2D eigenvalue weighted by Gasteiger charge is 2.19. The highest BCUT2D eigenvalue weighted by molar-refractivity contribution is 5.11. The fourth-order valence-electron chi connectivity index (χ4n) is 1.36. The Kier molecular flexibility index (Phi) is 2.38. The van der Waals surface area contributed by atoms with Crippen LogP contribution < -0.4 is 0 Å². The second-order valence-corrected chi connectivity index (χ2v) is 3.57. The lowest BCUT2D eigenvalue weighted by atomic mass is 9.85. The molecule has 0 saturated heterocycles. The van der Waals surface area contributed by atoms with E-state index in [0.717, 1.165) is 18.3 Å². The van der Waals surface area contributed by atoms with E-state index in [1.807, 2.05) is 0 Å². The van der Waals surface area contributed by atoms with Gasteiger partial charge in [-0.3, -0.25) is 0 Å². The predicted molar refractivity (Wildman–Crippen MR) is 44.5 cm³/mol. The van der Waals surface area contributed by atoms with Gasteiger partial charge >= 0.3 is 0 Å². The number of rotatable bonds is 2. The normalized spacial score (nSPS) is 26.2. The molecule has 0 saturated carbocycles. The summed E-state index contributed by atoms with van der Waals surface area (Å²) in [4.78, 5) is 0. The zero-order valence-corrected chi connectivity index (χ0v) is 7.15. The van der Waals surface area contributed by atoms with Gasteiger partial charge in [-0.2, -0.15) is 0 Å². The Morgan fingerprint density at radius 3 is 2.40 bits per heavy atom. The molecule has 56 valence electrons. The molecule has 0 N–H and O–H groups in total. The Hall–Kier alpha value is -0.440. The van der Waals surface area contributed by atoms with Gasteiger partial charge in [0.2, 0.25) is 0 Å². The summed E-state index contributed by atoms with van der Waals surface area (Å²) >= 11 is 0. The van der Waals surface area contributed by atoms with E-state index in [4.69, 9.17) is 0 Å². The summed E-state index contributed by atoms with van der Waals surface area (Å²) < 4.78 is 0. The Morgan fingerprint density at radius 2 is 2.00 bits per heavy atom. The Labute approximate surface area is 64.0 Å². The van der Waals surface area contributed by atoms with Crippen molar-refractivity contribution in [1.29, 1.82) is 0 Å². The van der Waals surface area contributed by atoms with E-state index in [1.54, 1.807) is 0 Å². The number of hydrogen-bond donors (Lipinski definition) is 0. The molecule has 0 bridgehead atoms. The van der Waals surface area contributed by atoms with E-state index < -0.39 is 0 Å². The second kappa shape index (κ2) is 3.10. The van der Waals surface area contributed by atoms with Gasteiger partial charge in [-0.25, -0.2) is 0 Å². The van der Waals surface area contributed by atoms with Crippen molar-refractivity contribution in [2.45, 2.75) is 33.6 Å². The Morgan fingerprint density at radius 1 is 1.30 bits per heavy atom. The highest BCUT2D eigenvalue weighted by Crippen LogP contribution is 2.26. The van der Waals surface area contributed by atoms with E-state index >= 15 is 0 Å². The molecule has 10 heavy (non-hydrogen) atoms. The second-order valence-electron chi connectivity index (χ2n) is 3.57. The van der Waals surface area contributed by atoms with Crippen LogP contribution in [-0.4, -0.2) is 0 Å². The fourth-order valence-corrected chi connectivity index (χ4v) is 1.36. The summed E-state index contributed by atoms with van der Waals surface area (Å²) in [5, 5.41) is 0. The SMILES string of the molecule is CC(C)C(C)C1C#CCC1. The molecule has 0 nitrogen and oxygen atoms in total. The van der Waals surface area contributed by atoms with Crippen LogP contribution in [0.25, 0.3) is 0 Å². The molecule has 1 rings (SSSR count). The maximum atomic E-state index is 3.29. The van der Waals surface area contributed by atoms with E-state index in [1.165, 1.54) is 6.42 Å². The Bertz CT molecular complexity index is 157. The summed E-state index contributed by atoms with van der Waals surface area (Å²) in [7, 11) is 0. The molecule has 0 fully saturated rings. The first-order chi connectivity index (χ1) is 4.72. The monoisotopic (exact) mass is 136 g/mol. The minimum absolute atomic E-state index is 0.694. The van der Waals surface area contributed by atoms with Crippen LogP contribution in [0.2, 0.25) is 0 Å². The lowest BCUT2D eigenvalue weighted by Gasteiger charge is -2.19. The van der Waals surface area contributed by atoms with Crippen molar-refractivity contribution in [2.75, 3.05) is 0 Å². The number of hydrogen-bond acceptors (Lipinski definition) is 0. The van der Waals surface area contributed by atoms with Crippen LogP contribution in [0, 0.1) is 29.6 Å². The summed E-state index contributed by atoms with van der Waals surface area (Å²) in [6.45, 7) is 6.88. The van der Waals surface area contributed by atoms with Gasteiger partial charge < -0.3 is 0 Å². The van der Waals surface area contributed by atoms with E-state index in [9.17, 15) is 0 Å². The maximum Gasteiger partial charge on any atom is 0.0239 e. The highest BCUT2D eigenvalue weighted by atomic mass is 14.2. The molecule has 1 aliphatic rings. The third kappa shape index (κ3) is 1.53. The van der Waals surface area contributed by atoms with Crippen molar-refractivity contribution in [3.8, 4) is 11.8 Å². The molecule has 1 aliphatic carbocycles. The first-order valence-corrected chi connectivity index (χ1v) is 4.20. The zero-order valence-electron chi connectivity index (χ0n) is 7.15. The van der Waals surface area contributed by atoms with E-state index in [-0.39, 0.29) is 0 Å². The molecule has 0 aromatic rings. The molecule has 0 spiro atoms. The summed E-state index contributed by atoms with van der Waals surface area (Å²) in [6, 6.07) is 0. The molecule has 0 aromatic heterocycles. The van der Waals surface area contributed by atoms with Gasteiger partial charge in [-0.15, -0.1) is 5.92 Å². The average molecular weight is 136 g/mol. The van der Waals surface area contributed by atoms with Crippen LogP contribution in [-0.2, 0) is 0 Å². The molecule has 0 radical (unpaired) electrons. The molecule has 0 heteroatoms. The largest absolute Gasteiger partial charge is 0.103 e. The quantitative estimate of drug-likeness (QED) is 0.512. The molecule has 2 atom stereocenters. The molecule has 0 heterocycles. The molecule has 2 unspecified atom stereocenters. The molecule has 0 aliphatic heterocycles. The molecular formula is C10H16. The minimum atomic E-state index is 0.694. The summed E-state index contributed by atoms with van der Waals surface area (Å²) in [5.74, 6) is 8.72. The fraction of sp³-hybridized carbons (Fsp3) is 0.800. The van der Waals surface area contributed by atoms with Gasteiger partial charge in [0.1, 0.15) is 0 Å².